The lowest BCUT2D eigenvalue weighted by Gasteiger charge is -2.32. The van der Waals surface area contributed by atoms with Gasteiger partial charge in [-0.1, -0.05) is 12.8 Å². The van der Waals surface area contributed by atoms with Gasteiger partial charge in [-0.25, -0.2) is 4.39 Å². The Morgan fingerprint density at radius 3 is 2.67 bits per heavy atom. The molecule has 2 fully saturated rings. The van der Waals surface area contributed by atoms with E-state index in [9.17, 15) is 14.3 Å². The summed E-state index contributed by atoms with van der Waals surface area (Å²) in [6.45, 7) is 1.27. The monoisotopic (exact) mass is 357 g/mol. The molecule has 1 saturated carbocycles. The zero-order valence-corrected chi connectivity index (χ0v) is 14.5. The number of carbonyl (C=O) groups is 1. The quantitative estimate of drug-likeness (QED) is 0.788. The van der Waals surface area contributed by atoms with Crippen LogP contribution in [0.25, 0.3) is 0 Å². The number of ether oxygens (including phenoxy) is 1. The van der Waals surface area contributed by atoms with Crippen molar-refractivity contribution < 1.29 is 19.0 Å². The number of carboxylic acid groups (broad SMARTS) is 1. The van der Waals surface area contributed by atoms with E-state index < -0.39 is 5.97 Å². The molecule has 1 N–H and O–H groups in total. The fourth-order valence-corrected chi connectivity index (χ4v) is 4.09. The van der Waals surface area contributed by atoms with Crippen LogP contribution < -0.4 is 4.74 Å². The van der Waals surface area contributed by atoms with Gasteiger partial charge in [0.25, 0.3) is 0 Å². The summed E-state index contributed by atoms with van der Waals surface area (Å²) in [7, 11) is 0. The van der Waals surface area contributed by atoms with Crippen molar-refractivity contribution in [2.24, 2.45) is 5.92 Å². The Morgan fingerprint density at radius 2 is 1.96 bits per heavy atom. The molecule has 3 atom stereocenters. The number of hydrogen-bond donors (Lipinski definition) is 1. The van der Waals surface area contributed by atoms with Crippen molar-refractivity contribution in [2.75, 3.05) is 13.2 Å². The number of hydrogen-bond acceptors (Lipinski definition) is 3. The van der Waals surface area contributed by atoms with E-state index in [1.165, 1.54) is 25.0 Å². The SMILES string of the molecule is Cl.O=C(O)C1CC2CCCCC2N1CCCOc1ccc(F)cc1. The zero-order valence-electron chi connectivity index (χ0n) is 13.7. The molecule has 1 aromatic rings. The highest BCUT2D eigenvalue weighted by molar-refractivity contribution is 5.85. The summed E-state index contributed by atoms with van der Waals surface area (Å²) < 4.78 is 18.4. The van der Waals surface area contributed by atoms with E-state index in [1.54, 1.807) is 12.1 Å². The Morgan fingerprint density at radius 1 is 1.25 bits per heavy atom. The standard InChI is InChI=1S/C18H24FNO3.ClH/c19-14-6-8-15(9-7-14)23-11-3-10-20-16-5-2-1-4-13(16)12-17(20)18(21)22;/h6-9,13,16-17H,1-5,10-12H2,(H,21,22);1H. The Balaban J connectivity index is 0.00000208. The average molecular weight is 358 g/mol. The number of halogens is 2. The zero-order chi connectivity index (χ0) is 16.2. The summed E-state index contributed by atoms with van der Waals surface area (Å²) in [6.07, 6.45) is 6.29. The van der Waals surface area contributed by atoms with Gasteiger partial charge in [-0.2, -0.15) is 0 Å². The topological polar surface area (TPSA) is 49.8 Å². The second-order valence-electron chi connectivity index (χ2n) is 6.60. The summed E-state index contributed by atoms with van der Waals surface area (Å²) in [5, 5.41) is 9.48. The van der Waals surface area contributed by atoms with Gasteiger partial charge >= 0.3 is 5.97 Å². The summed E-state index contributed by atoms with van der Waals surface area (Å²) in [4.78, 5) is 13.7. The van der Waals surface area contributed by atoms with Gasteiger partial charge in [-0.15, -0.1) is 12.4 Å². The largest absolute Gasteiger partial charge is 0.494 e. The second kappa shape index (κ2) is 8.67. The number of benzene rings is 1. The van der Waals surface area contributed by atoms with Crippen molar-refractivity contribution >= 4 is 18.4 Å². The van der Waals surface area contributed by atoms with Crippen LogP contribution in [0.5, 0.6) is 5.75 Å². The van der Waals surface area contributed by atoms with Gasteiger partial charge in [0.1, 0.15) is 17.6 Å². The third-order valence-corrected chi connectivity index (χ3v) is 5.15. The molecule has 1 aliphatic carbocycles. The van der Waals surface area contributed by atoms with Gasteiger partial charge in [0.05, 0.1) is 6.61 Å². The first-order valence-electron chi connectivity index (χ1n) is 8.52. The lowest BCUT2D eigenvalue weighted by atomic mass is 9.85. The Hall–Kier alpha value is -1.33. The number of likely N-dealkylation sites (tertiary alicyclic amines) is 1. The lowest BCUT2D eigenvalue weighted by molar-refractivity contribution is -0.142. The van der Waals surface area contributed by atoms with Gasteiger partial charge in [0, 0.05) is 12.6 Å². The molecule has 1 aliphatic heterocycles. The van der Waals surface area contributed by atoms with Crippen LogP contribution in [0.1, 0.15) is 38.5 Å². The van der Waals surface area contributed by atoms with Crippen LogP contribution in [0.3, 0.4) is 0 Å². The molecule has 6 heteroatoms. The maximum absolute atomic E-state index is 12.8. The lowest BCUT2D eigenvalue weighted by Crippen LogP contribution is -2.43. The van der Waals surface area contributed by atoms with Crippen LogP contribution in [0.15, 0.2) is 24.3 Å². The molecule has 0 amide bonds. The third-order valence-electron chi connectivity index (χ3n) is 5.15. The maximum atomic E-state index is 12.8. The molecule has 0 spiro atoms. The van der Waals surface area contributed by atoms with Crippen LogP contribution in [0.2, 0.25) is 0 Å². The highest BCUT2D eigenvalue weighted by Crippen LogP contribution is 2.39. The highest BCUT2D eigenvalue weighted by Gasteiger charge is 2.44. The van der Waals surface area contributed by atoms with E-state index >= 15 is 0 Å². The smallest absolute Gasteiger partial charge is 0.320 e. The number of nitrogens with zero attached hydrogens (tertiary/aromatic N) is 1. The third kappa shape index (κ3) is 4.39. The van der Waals surface area contributed by atoms with Crippen molar-refractivity contribution in [2.45, 2.75) is 50.6 Å². The average Bonchev–Trinajstić information content (AvgIpc) is 2.92. The number of fused-ring (bicyclic) bond motifs is 1. The minimum Gasteiger partial charge on any atom is -0.494 e. The van der Waals surface area contributed by atoms with E-state index in [0.717, 1.165) is 32.2 Å². The van der Waals surface area contributed by atoms with E-state index in [1.807, 2.05) is 0 Å². The Labute approximate surface area is 148 Å². The number of aliphatic carboxylic acids is 1. The van der Waals surface area contributed by atoms with Crippen molar-refractivity contribution in [1.29, 1.82) is 0 Å². The molecule has 2 aliphatic rings. The fourth-order valence-electron chi connectivity index (χ4n) is 4.09. The molecular weight excluding hydrogens is 333 g/mol. The van der Waals surface area contributed by atoms with Crippen molar-refractivity contribution in [3.05, 3.63) is 30.1 Å². The first-order valence-corrected chi connectivity index (χ1v) is 8.52. The molecule has 1 heterocycles. The molecule has 0 bridgehead atoms. The van der Waals surface area contributed by atoms with Crippen molar-refractivity contribution in [3.8, 4) is 5.75 Å². The summed E-state index contributed by atoms with van der Waals surface area (Å²) in [6, 6.07) is 6.07. The summed E-state index contributed by atoms with van der Waals surface area (Å²) in [5.74, 6) is 0.224. The van der Waals surface area contributed by atoms with Gasteiger partial charge in [-0.3, -0.25) is 9.69 Å². The molecule has 134 valence electrons. The normalized spacial score (nSPS) is 26.5. The van der Waals surface area contributed by atoms with Crippen LogP contribution in [0, 0.1) is 11.7 Å². The van der Waals surface area contributed by atoms with Gasteiger partial charge in [0.15, 0.2) is 0 Å². The highest BCUT2D eigenvalue weighted by atomic mass is 35.5. The summed E-state index contributed by atoms with van der Waals surface area (Å²) in [5.41, 5.74) is 0. The molecule has 0 radical (unpaired) electrons. The van der Waals surface area contributed by atoms with Crippen molar-refractivity contribution in [3.63, 3.8) is 0 Å². The van der Waals surface area contributed by atoms with E-state index in [-0.39, 0.29) is 24.3 Å². The van der Waals surface area contributed by atoms with E-state index in [2.05, 4.69) is 4.90 Å². The van der Waals surface area contributed by atoms with Crippen LogP contribution in [0.4, 0.5) is 4.39 Å². The predicted octanol–water partition coefficient (Wildman–Crippen LogP) is 3.73. The van der Waals surface area contributed by atoms with Gasteiger partial charge in [0.2, 0.25) is 0 Å². The molecule has 0 aromatic heterocycles. The molecular formula is C18H25ClFNO3. The molecule has 24 heavy (non-hydrogen) atoms. The van der Waals surface area contributed by atoms with E-state index in [0.29, 0.717) is 24.3 Å². The Bertz CT molecular complexity index is 540. The minimum absolute atomic E-state index is 0. The molecule has 1 saturated heterocycles. The fraction of sp³-hybridized carbons (Fsp3) is 0.611. The van der Waals surface area contributed by atoms with Gasteiger partial charge < -0.3 is 9.84 Å². The molecule has 3 rings (SSSR count). The molecule has 4 nitrogen and oxygen atoms in total. The van der Waals surface area contributed by atoms with Crippen LogP contribution in [-0.2, 0) is 4.79 Å². The minimum atomic E-state index is -0.696. The first kappa shape index (κ1) is 19.0. The van der Waals surface area contributed by atoms with Crippen LogP contribution in [-0.4, -0.2) is 41.2 Å². The Kier molecular flexibility index (Phi) is 6.87. The van der Waals surface area contributed by atoms with E-state index in [4.69, 9.17) is 4.74 Å². The predicted molar refractivity (Wildman–Crippen MR) is 92.3 cm³/mol. The number of rotatable bonds is 6. The molecule has 1 aromatic carbocycles. The number of carboxylic acids is 1. The van der Waals surface area contributed by atoms with Gasteiger partial charge in [-0.05, 0) is 55.9 Å². The maximum Gasteiger partial charge on any atom is 0.320 e. The summed E-state index contributed by atoms with van der Waals surface area (Å²) >= 11 is 0. The first-order chi connectivity index (χ1) is 11.1. The van der Waals surface area contributed by atoms with Crippen LogP contribution >= 0.6 is 12.4 Å². The van der Waals surface area contributed by atoms with Crippen molar-refractivity contribution in [1.82, 2.24) is 4.90 Å². The molecule has 3 unspecified atom stereocenters. The second-order valence-corrected chi connectivity index (χ2v) is 6.60.